The van der Waals surface area contributed by atoms with Gasteiger partial charge in [-0.15, -0.1) is 0 Å². The second-order valence-corrected chi connectivity index (χ2v) is 5.94. The molecule has 1 aromatic carbocycles. The van der Waals surface area contributed by atoms with Gasteiger partial charge in [-0.05, 0) is 40.5 Å². The fourth-order valence-corrected chi connectivity index (χ4v) is 3.00. The predicted octanol–water partition coefficient (Wildman–Crippen LogP) is 2.74. The standard InChI is InChI=1S/C14H10BrClN2O5/c1-4-2-5(10(16)6(15)3-4)7-8(13(20)21)11(17)18-12(19)9(7)14(22)23/h2-3H,1H3,(H,20,21)(H,22,23)(H3,17,18,19). The van der Waals surface area contributed by atoms with Gasteiger partial charge in [-0.25, -0.2) is 9.59 Å². The third-order valence-electron chi connectivity index (χ3n) is 3.11. The molecule has 23 heavy (non-hydrogen) atoms. The molecule has 120 valence electrons. The van der Waals surface area contributed by atoms with Crippen LogP contribution in [-0.4, -0.2) is 27.1 Å². The summed E-state index contributed by atoms with van der Waals surface area (Å²) in [7, 11) is 0. The lowest BCUT2D eigenvalue weighted by atomic mass is 9.94. The minimum absolute atomic E-state index is 0.0746. The lowest BCUT2D eigenvalue weighted by Crippen LogP contribution is -2.24. The van der Waals surface area contributed by atoms with E-state index in [1.165, 1.54) is 6.07 Å². The van der Waals surface area contributed by atoms with Crippen LogP contribution < -0.4 is 11.3 Å². The third-order valence-corrected chi connectivity index (χ3v) is 4.38. The maximum absolute atomic E-state index is 12.0. The SMILES string of the molecule is Cc1cc(Br)c(Cl)c(-c2c(C(=O)O)c(N)[nH]c(=O)c2C(=O)O)c1. The Bertz CT molecular complexity index is 907. The van der Waals surface area contributed by atoms with Crippen molar-refractivity contribution in [1.82, 2.24) is 4.98 Å². The third kappa shape index (κ3) is 2.95. The van der Waals surface area contributed by atoms with Gasteiger partial charge >= 0.3 is 11.9 Å². The first kappa shape index (κ1) is 17.0. The number of carboxylic acids is 2. The quantitative estimate of drug-likeness (QED) is 0.625. The zero-order valence-corrected chi connectivity index (χ0v) is 13.9. The fraction of sp³-hybridized carbons (Fsp3) is 0.0714. The molecule has 0 aliphatic rings. The number of H-pyrrole nitrogens is 1. The van der Waals surface area contributed by atoms with Crippen molar-refractivity contribution < 1.29 is 19.8 Å². The van der Waals surface area contributed by atoms with Gasteiger partial charge < -0.3 is 20.9 Å². The molecule has 2 rings (SSSR count). The van der Waals surface area contributed by atoms with Crippen molar-refractivity contribution in [3.05, 3.63) is 48.7 Å². The number of benzene rings is 1. The highest BCUT2D eigenvalue weighted by molar-refractivity contribution is 9.10. The monoisotopic (exact) mass is 400 g/mol. The molecule has 0 amide bonds. The number of aryl methyl sites for hydroxylation is 1. The average Bonchev–Trinajstić information content (AvgIpc) is 2.40. The smallest absolute Gasteiger partial charge is 0.342 e. The minimum Gasteiger partial charge on any atom is -0.478 e. The summed E-state index contributed by atoms with van der Waals surface area (Å²) >= 11 is 9.38. The number of carboxylic acid groups (broad SMARTS) is 2. The molecule has 0 unspecified atom stereocenters. The summed E-state index contributed by atoms with van der Waals surface area (Å²) in [6, 6.07) is 3.16. The van der Waals surface area contributed by atoms with Crippen LogP contribution in [0.2, 0.25) is 5.02 Å². The second kappa shape index (κ2) is 6.05. The molecule has 9 heteroatoms. The van der Waals surface area contributed by atoms with E-state index in [0.717, 1.165) is 0 Å². The number of hydrogen-bond donors (Lipinski definition) is 4. The summed E-state index contributed by atoms with van der Waals surface area (Å²) in [5.74, 6) is -3.52. The van der Waals surface area contributed by atoms with Crippen LogP contribution in [0.1, 0.15) is 26.3 Å². The van der Waals surface area contributed by atoms with Gasteiger partial charge in [0.2, 0.25) is 0 Å². The molecular weight excluding hydrogens is 392 g/mol. The van der Waals surface area contributed by atoms with Gasteiger partial charge in [0.15, 0.2) is 0 Å². The first-order valence-electron chi connectivity index (χ1n) is 6.13. The van der Waals surface area contributed by atoms with Gasteiger partial charge in [-0.1, -0.05) is 11.6 Å². The fourth-order valence-electron chi connectivity index (χ4n) is 2.22. The number of nitrogen functional groups attached to an aromatic ring is 1. The van der Waals surface area contributed by atoms with Crippen molar-refractivity contribution in [3.63, 3.8) is 0 Å². The molecule has 0 saturated carbocycles. The summed E-state index contributed by atoms with van der Waals surface area (Å²) in [6.07, 6.45) is 0. The van der Waals surface area contributed by atoms with Crippen LogP contribution in [0.15, 0.2) is 21.4 Å². The number of pyridine rings is 1. The van der Waals surface area contributed by atoms with Crippen molar-refractivity contribution in [2.75, 3.05) is 5.73 Å². The van der Waals surface area contributed by atoms with E-state index in [1.807, 2.05) is 4.98 Å². The Hall–Kier alpha value is -2.32. The maximum atomic E-state index is 12.0. The zero-order chi connectivity index (χ0) is 17.5. The van der Waals surface area contributed by atoms with Crippen molar-refractivity contribution in [3.8, 4) is 11.1 Å². The normalized spacial score (nSPS) is 10.6. The molecule has 0 radical (unpaired) electrons. The van der Waals surface area contributed by atoms with E-state index in [1.54, 1.807) is 13.0 Å². The first-order chi connectivity index (χ1) is 10.6. The Labute approximate surface area is 142 Å². The number of aromatic amines is 1. The highest BCUT2D eigenvalue weighted by atomic mass is 79.9. The van der Waals surface area contributed by atoms with Crippen LogP contribution in [0, 0.1) is 6.92 Å². The summed E-state index contributed by atoms with van der Waals surface area (Å²) in [6.45, 7) is 1.71. The van der Waals surface area contributed by atoms with E-state index in [0.29, 0.717) is 10.0 Å². The Morgan fingerprint density at radius 1 is 1.22 bits per heavy atom. The summed E-state index contributed by atoms with van der Waals surface area (Å²) in [5, 5.41) is 18.8. The summed E-state index contributed by atoms with van der Waals surface area (Å²) in [5.41, 5.74) is 3.73. The Morgan fingerprint density at radius 2 is 1.78 bits per heavy atom. The molecule has 1 heterocycles. The van der Waals surface area contributed by atoms with Gasteiger partial charge in [-0.2, -0.15) is 0 Å². The van der Waals surface area contributed by atoms with Crippen LogP contribution in [0.3, 0.4) is 0 Å². The van der Waals surface area contributed by atoms with Crippen molar-refractivity contribution in [1.29, 1.82) is 0 Å². The summed E-state index contributed by atoms with van der Waals surface area (Å²) < 4.78 is 0.431. The second-order valence-electron chi connectivity index (χ2n) is 4.71. The van der Waals surface area contributed by atoms with Gasteiger partial charge in [0.1, 0.15) is 16.9 Å². The Morgan fingerprint density at radius 3 is 2.30 bits per heavy atom. The van der Waals surface area contributed by atoms with E-state index in [2.05, 4.69) is 15.9 Å². The molecule has 0 saturated heterocycles. The molecule has 0 atom stereocenters. The molecule has 0 bridgehead atoms. The number of aromatic nitrogens is 1. The molecule has 0 spiro atoms. The Balaban J connectivity index is 3.10. The maximum Gasteiger partial charge on any atom is 0.342 e. The van der Waals surface area contributed by atoms with Crippen LogP contribution >= 0.6 is 27.5 Å². The van der Waals surface area contributed by atoms with E-state index in [9.17, 15) is 24.6 Å². The van der Waals surface area contributed by atoms with E-state index in [-0.39, 0.29) is 16.1 Å². The topological polar surface area (TPSA) is 133 Å². The van der Waals surface area contributed by atoms with E-state index < -0.39 is 34.4 Å². The van der Waals surface area contributed by atoms with Gasteiger partial charge in [0.05, 0.1) is 5.02 Å². The van der Waals surface area contributed by atoms with E-state index >= 15 is 0 Å². The van der Waals surface area contributed by atoms with Gasteiger partial charge in [-0.3, -0.25) is 4.79 Å². The van der Waals surface area contributed by atoms with Gasteiger partial charge in [0.25, 0.3) is 5.56 Å². The number of carbonyl (C=O) groups is 2. The lowest BCUT2D eigenvalue weighted by Gasteiger charge is -2.14. The zero-order valence-electron chi connectivity index (χ0n) is 11.6. The largest absolute Gasteiger partial charge is 0.478 e. The number of halogens is 2. The van der Waals surface area contributed by atoms with Crippen LogP contribution in [0.4, 0.5) is 5.82 Å². The van der Waals surface area contributed by atoms with E-state index in [4.69, 9.17) is 17.3 Å². The highest BCUT2D eigenvalue weighted by Crippen LogP contribution is 2.38. The molecule has 7 nitrogen and oxygen atoms in total. The number of anilines is 1. The predicted molar refractivity (Wildman–Crippen MR) is 88.3 cm³/mol. The average molecular weight is 402 g/mol. The van der Waals surface area contributed by atoms with Crippen LogP contribution in [0.25, 0.3) is 11.1 Å². The summed E-state index contributed by atoms with van der Waals surface area (Å²) in [4.78, 5) is 37.0. The molecule has 1 aromatic heterocycles. The van der Waals surface area contributed by atoms with Gasteiger partial charge in [0, 0.05) is 15.6 Å². The highest BCUT2D eigenvalue weighted by Gasteiger charge is 2.28. The number of nitrogens with two attached hydrogens (primary N) is 1. The number of rotatable bonds is 3. The molecular formula is C14H10BrClN2O5. The molecule has 2 aromatic rings. The molecule has 5 N–H and O–H groups in total. The number of aromatic carboxylic acids is 2. The van der Waals surface area contributed by atoms with Crippen molar-refractivity contribution in [2.45, 2.75) is 6.92 Å². The van der Waals surface area contributed by atoms with Crippen molar-refractivity contribution in [2.24, 2.45) is 0 Å². The van der Waals surface area contributed by atoms with Crippen LogP contribution in [0.5, 0.6) is 0 Å². The number of hydrogen-bond acceptors (Lipinski definition) is 4. The first-order valence-corrected chi connectivity index (χ1v) is 7.30. The Kier molecular flexibility index (Phi) is 4.49. The van der Waals surface area contributed by atoms with Crippen molar-refractivity contribution >= 4 is 45.3 Å². The number of nitrogens with one attached hydrogen (secondary N) is 1. The van der Waals surface area contributed by atoms with Crippen LogP contribution in [-0.2, 0) is 0 Å². The molecule has 0 aliphatic heterocycles. The molecule has 0 aliphatic carbocycles. The molecule has 0 fully saturated rings. The lowest BCUT2D eigenvalue weighted by molar-refractivity contribution is 0.0695. The minimum atomic E-state index is -1.59.